The van der Waals surface area contributed by atoms with Gasteiger partial charge in [-0.05, 0) is 58.2 Å². The van der Waals surface area contributed by atoms with Crippen molar-refractivity contribution in [3.8, 4) is 5.95 Å². The lowest BCUT2D eigenvalue weighted by Gasteiger charge is -2.16. The Morgan fingerprint density at radius 3 is 2.27 bits per heavy atom. The van der Waals surface area contributed by atoms with Crippen LogP contribution >= 0.6 is 0 Å². The van der Waals surface area contributed by atoms with Crippen LogP contribution in [0.3, 0.4) is 0 Å². The second kappa shape index (κ2) is 8.65. The van der Waals surface area contributed by atoms with Gasteiger partial charge in [0.05, 0.1) is 5.69 Å². The number of benzene rings is 1. The fourth-order valence-corrected chi connectivity index (χ4v) is 3.77. The lowest BCUT2D eigenvalue weighted by Crippen LogP contribution is -2.32. The van der Waals surface area contributed by atoms with Gasteiger partial charge in [-0.3, -0.25) is 14.2 Å². The minimum Gasteiger partial charge on any atom is -0.324 e. The molecule has 0 unspecified atom stereocenters. The van der Waals surface area contributed by atoms with E-state index in [2.05, 4.69) is 15.4 Å². The lowest BCUT2D eigenvalue weighted by molar-refractivity contribution is -0.116. The summed E-state index contributed by atoms with van der Waals surface area (Å²) in [5.41, 5.74) is 6.02. The van der Waals surface area contributed by atoms with Crippen LogP contribution in [0.25, 0.3) is 5.95 Å². The predicted octanol–water partition coefficient (Wildman–Crippen LogP) is 3.56. The maximum atomic E-state index is 12.9. The Morgan fingerprint density at radius 1 is 1.03 bits per heavy atom. The van der Waals surface area contributed by atoms with Crippen molar-refractivity contribution in [1.29, 1.82) is 0 Å². The number of hydrogen-bond donors (Lipinski definition) is 1. The van der Waals surface area contributed by atoms with Gasteiger partial charge in [0.15, 0.2) is 0 Å². The third-order valence-electron chi connectivity index (χ3n) is 4.99. The van der Waals surface area contributed by atoms with Crippen molar-refractivity contribution in [2.24, 2.45) is 0 Å². The molecule has 2 aromatic heterocycles. The van der Waals surface area contributed by atoms with E-state index < -0.39 is 0 Å². The number of nitrogens with one attached hydrogen (secondary N) is 1. The average Bonchev–Trinajstić information content (AvgIpc) is 2.98. The van der Waals surface area contributed by atoms with Gasteiger partial charge in [0.1, 0.15) is 6.54 Å². The number of carbonyl (C=O) groups is 1. The van der Waals surface area contributed by atoms with Gasteiger partial charge in [0.2, 0.25) is 11.9 Å². The number of carbonyl (C=O) groups excluding carboxylic acids is 1. The van der Waals surface area contributed by atoms with Crippen LogP contribution in [0.4, 0.5) is 5.69 Å². The number of aryl methyl sites for hydroxylation is 6. The SMILES string of the molecule is CCCc1cc(=O)n(CC(=O)Nc2c(C)cc(C)cc2C)c(-n2nc(C)cc2C)n1. The first kappa shape index (κ1) is 21.5. The molecule has 158 valence electrons. The standard InChI is InChI=1S/C23H29N5O2/c1-7-8-19-12-21(30)27(23(24-19)28-18(6)11-17(5)26-28)13-20(29)25-22-15(3)9-14(2)10-16(22)4/h9-12H,7-8,13H2,1-6H3,(H,25,29). The molecule has 1 aromatic carbocycles. The summed E-state index contributed by atoms with van der Waals surface area (Å²) in [5.74, 6) is 0.0871. The van der Waals surface area contributed by atoms with Crippen molar-refractivity contribution in [3.05, 3.63) is 68.4 Å². The molecule has 0 saturated carbocycles. The van der Waals surface area contributed by atoms with Gasteiger partial charge in [-0.25, -0.2) is 9.67 Å². The van der Waals surface area contributed by atoms with Crippen LogP contribution in [-0.4, -0.2) is 25.2 Å². The Balaban J connectivity index is 2.00. The fraction of sp³-hybridized carbons (Fsp3) is 0.391. The van der Waals surface area contributed by atoms with Gasteiger partial charge >= 0.3 is 0 Å². The van der Waals surface area contributed by atoms with E-state index in [-0.39, 0.29) is 18.0 Å². The first-order chi connectivity index (χ1) is 14.2. The van der Waals surface area contributed by atoms with Crippen LogP contribution in [0.1, 0.15) is 47.1 Å². The zero-order valence-electron chi connectivity index (χ0n) is 18.5. The molecule has 3 aromatic rings. The van der Waals surface area contributed by atoms with Crippen molar-refractivity contribution < 1.29 is 4.79 Å². The van der Waals surface area contributed by atoms with E-state index in [0.29, 0.717) is 18.1 Å². The highest BCUT2D eigenvalue weighted by Crippen LogP contribution is 2.22. The molecule has 1 amide bonds. The Hall–Kier alpha value is -3.22. The summed E-state index contributed by atoms with van der Waals surface area (Å²) in [6, 6.07) is 7.48. The molecular weight excluding hydrogens is 378 g/mol. The second-order valence-corrected chi connectivity index (χ2v) is 7.88. The summed E-state index contributed by atoms with van der Waals surface area (Å²) in [4.78, 5) is 30.4. The van der Waals surface area contributed by atoms with Gasteiger partial charge < -0.3 is 5.32 Å². The van der Waals surface area contributed by atoms with Crippen molar-refractivity contribution >= 4 is 11.6 Å². The summed E-state index contributed by atoms with van der Waals surface area (Å²) >= 11 is 0. The first-order valence-electron chi connectivity index (χ1n) is 10.2. The Kier molecular flexibility index (Phi) is 6.20. The van der Waals surface area contributed by atoms with E-state index in [4.69, 9.17) is 0 Å². The average molecular weight is 408 g/mol. The topological polar surface area (TPSA) is 81.8 Å². The summed E-state index contributed by atoms with van der Waals surface area (Å²) in [6.07, 6.45) is 1.57. The maximum Gasteiger partial charge on any atom is 0.255 e. The molecule has 0 bridgehead atoms. The van der Waals surface area contributed by atoms with Crippen molar-refractivity contribution in [3.63, 3.8) is 0 Å². The highest BCUT2D eigenvalue weighted by atomic mass is 16.2. The quantitative estimate of drug-likeness (QED) is 0.677. The van der Waals surface area contributed by atoms with Crippen LogP contribution in [0.15, 0.2) is 29.1 Å². The molecule has 0 aliphatic carbocycles. The second-order valence-electron chi connectivity index (χ2n) is 7.88. The van der Waals surface area contributed by atoms with E-state index in [0.717, 1.165) is 40.2 Å². The molecule has 0 aliphatic heterocycles. The minimum atomic E-state index is -0.278. The van der Waals surface area contributed by atoms with E-state index in [1.54, 1.807) is 4.68 Å². The monoisotopic (exact) mass is 407 g/mol. The van der Waals surface area contributed by atoms with Gasteiger partial charge in [0, 0.05) is 23.1 Å². The van der Waals surface area contributed by atoms with Crippen molar-refractivity contribution in [1.82, 2.24) is 19.3 Å². The molecule has 0 radical (unpaired) electrons. The number of aromatic nitrogens is 4. The third-order valence-corrected chi connectivity index (χ3v) is 4.99. The lowest BCUT2D eigenvalue weighted by atomic mass is 10.1. The van der Waals surface area contributed by atoms with Gasteiger partial charge in [-0.15, -0.1) is 0 Å². The van der Waals surface area contributed by atoms with Crippen LogP contribution in [0.2, 0.25) is 0 Å². The molecule has 0 saturated heterocycles. The van der Waals surface area contributed by atoms with Crippen molar-refractivity contribution in [2.75, 3.05) is 5.32 Å². The molecule has 0 fully saturated rings. The van der Waals surface area contributed by atoms with Crippen LogP contribution in [0, 0.1) is 34.6 Å². The van der Waals surface area contributed by atoms with E-state index in [1.165, 1.54) is 10.6 Å². The van der Waals surface area contributed by atoms with Crippen LogP contribution < -0.4 is 10.9 Å². The number of nitrogens with zero attached hydrogens (tertiary/aromatic N) is 4. The maximum absolute atomic E-state index is 12.9. The zero-order chi connectivity index (χ0) is 22.0. The smallest absolute Gasteiger partial charge is 0.255 e. The van der Waals surface area contributed by atoms with Gasteiger partial charge in [-0.1, -0.05) is 31.0 Å². The molecule has 7 nitrogen and oxygen atoms in total. The molecule has 1 N–H and O–H groups in total. The largest absolute Gasteiger partial charge is 0.324 e. The van der Waals surface area contributed by atoms with Gasteiger partial charge in [-0.2, -0.15) is 5.10 Å². The number of anilines is 1. The first-order valence-corrected chi connectivity index (χ1v) is 10.2. The fourth-order valence-electron chi connectivity index (χ4n) is 3.77. The van der Waals surface area contributed by atoms with Crippen molar-refractivity contribution in [2.45, 2.75) is 60.9 Å². The Bertz CT molecular complexity index is 1130. The molecular formula is C23H29N5O2. The summed E-state index contributed by atoms with van der Waals surface area (Å²) in [5, 5.41) is 7.44. The normalized spacial score (nSPS) is 11.0. The highest BCUT2D eigenvalue weighted by molar-refractivity contribution is 5.92. The minimum absolute atomic E-state index is 0.140. The molecule has 2 heterocycles. The molecule has 0 aliphatic rings. The molecule has 3 rings (SSSR count). The molecule has 0 atom stereocenters. The Labute approximate surface area is 176 Å². The van der Waals surface area contributed by atoms with E-state index in [9.17, 15) is 9.59 Å². The van der Waals surface area contributed by atoms with Crippen LogP contribution in [0.5, 0.6) is 0 Å². The van der Waals surface area contributed by atoms with Crippen LogP contribution in [-0.2, 0) is 17.8 Å². The number of amides is 1. The number of hydrogen-bond acceptors (Lipinski definition) is 4. The molecule has 30 heavy (non-hydrogen) atoms. The zero-order valence-corrected chi connectivity index (χ0v) is 18.5. The van der Waals surface area contributed by atoms with E-state index >= 15 is 0 Å². The molecule has 0 spiro atoms. The number of rotatable bonds is 6. The predicted molar refractivity (Wildman–Crippen MR) is 118 cm³/mol. The van der Waals surface area contributed by atoms with Gasteiger partial charge in [0.25, 0.3) is 5.56 Å². The summed E-state index contributed by atoms with van der Waals surface area (Å²) in [7, 11) is 0. The van der Waals surface area contributed by atoms with E-state index in [1.807, 2.05) is 59.7 Å². The third kappa shape index (κ3) is 4.50. The summed E-state index contributed by atoms with van der Waals surface area (Å²) in [6.45, 7) is 11.6. The Morgan fingerprint density at radius 2 is 1.70 bits per heavy atom. The molecule has 7 heteroatoms. The highest BCUT2D eigenvalue weighted by Gasteiger charge is 2.17. The summed E-state index contributed by atoms with van der Waals surface area (Å²) < 4.78 is 3.01.